The van der Waals surface area contributed by atoms with Crippen LogP contribution in [0.25, 0.3) is 32.9 Å². The highest BCUT2D eigenvalue weighted by Crippen LogP contribution is 2.44. The van der Waals surface area contributed by atoms with Gasteiger partial charge in [0.15, 0.2) is 5.82 Å². The molecule has 3 saturated heterocycles. The molecular weight excluding hydrogens is 553 g/mol. The summed E-state index contributed by atoms with van der Waals surface area (Å²) in [6.45, 7) is 6.78. The summed E-state index contributed by atoms with van der Waals surface area (Å²) in [7, 11) is 0. The Balaban J connectivity index is 1.26. The minimum atomic E-state index is -0.567. The maximum atomic E-state index is 16.7. The fourth-order valence-electron chi connectivity index (χ4n) is 8.47. The first-order valence-corrected chi connectivity index (χ1v) is 15.7. The first kappa shape index (κ1) is 26.4. The van der Waals surface area contributed by atoms with Crippen molar-refractivity contribution in [1.29, 1.82) is 0 Å². The highest BCUT2D eigenvalue weighted by molar-refractivity contribution is 6.36. The number of phenols is 1. The van der Waals surface area contributed by atoms with Gasteiger partial charge in [-0.1, -0.05) is 30.7 Å². The molecule has 1 aliphatic carbocycles. The fourth-order valence-corrected chi connectivity index (χ4v) is 8.75. The van der Waals surface area contributed by atoms with Crippen molar-refractivity contribution in [2.45, 2.75) is 51.0 Å². The molecule has 0 spiro atoms. The molecule has 4 aromatic rings. The van der Waals surface area contributed by atoms with Crippen LogP contribution in [0, 0.1) is 23.6 Å². The number of rotatable bonds is 5. The van der Waals surface area contributed by atoms with E-state index in [1.165, 1.54) is 31.7 Å². The lowest BCUT2D eigenvalue weighted by atomic mass is 9.92. The van der Waals surface area contributed by atoms with Crippen molar-refractivity contribution in [2.75, 3.05) is 37.7 Å². The number of ether oxygens (including phenoxy) is 1. The van der Waals surface area contributed by atoms with Crippen LogP contribution < -0.4 is 9.64 Å². The van der Waals surface area contributed by atoms with E-state index in [-0.39, 0.29) is 28.5 Å². The SMILES string of the molecule is C[C@H]1CN2CCC[C@@]2(COc2nc(N3CC4CCC(C4)C3)c3cnc(-c4cc(O)cc5cccc(Cl)c45)c(F)c3n2)C1. The highest BCUT2D eigenvalue weighted by Gasteiger charge is 2.48. The molecule has 9 heteroatoms. The van der Waals surface area contributed by atoms with E-state index >= 15 is 4.39 Å². The lowest BCUT2D eigenvalue weighted by Crippen LogP contribution is -2.43. The third-order valence-corrected chi connectivity index (χ3v) is 10.5. The van der Waals surface area contributed by atoms with Gasteiger partial charge in [-0.15, -0.1) is 0 Å². The van der Waals surface area contributed by atoms with Crippen LogP contribution in [0.3, 0.4) is 0 Å². The topological polar surface area (TPSA) is 74.6 Å². The van der Waals surface area contributed by atoms with Crippen molar-refractivity contribution in [2.24, 2.45) is 17.8 Å². The summed E-state index contributed by atoms with van der Waals surface area (Å²) < 4.78 is 23.1. The molecule has 218 valence electrons. The van der Waals surface area contributed by atoms with Crippen molar-refractivity contribution in [1.82, 2.24) is 19.9 Å². The smallest absolute Gasteiger partial charge is 0.319 e. The standard InChI is InChI=1S/C33H35ClFN5O2/c1-19-13-33(8-3-9-40(33)15-19)18-42-32-37-30-25(31(38-32)39-16-20-6-7-21(10-20)17-39)14-36-29(28(30)35)24-12-23(41)11-22-4-2-5-26(34)27(22)24/h2,4-5,11-12,14,19-21,41H,3,6-10,13,15-18H2,1H3/t19-,20?,21?,33+/m1/s1. The monoisotopic (exact) mass is 587 g/mol. The van der Waals surface area contributed by atoms with Crippen LogP contribution in [-0.2, 0) is 0 Å². The molecule has 2 bridgehead atoms. The van der Waals surface area contributed by atoms with Gasteiger partial charge in [-0.05, 0) is 86.4 Å². The number of halogens is 2. The van der Waals surface area contributed by atoms with E-state index in [0.29, 0.717) is 56.9 Å². The first-order valence-electron chi connectivity index (χ1n) is 15.3. The summed E-state index contributed by atoms with van der Waals surface area (Å²) in [5.74, 6) is 2.03. The van der Waals surface area contributed by atoms with Crippen LogP contribution >= 0.6 is 11.6 Å². The summed E-state index contributed by atoms with van der Waals surface area (Å²) in [5, 5.41) is 12.9. The van der Waals surface area contributed by atoms with Gasteiger partial charge >= 0.3 is 6.01 Å². The number of fused-ring (bicyclic) bond motifs is 5. The molecule has 7 nitrogen and oxygen atoms in total. The first-order chi connectivity index (χ1) is 20.4. The number of anilines is 1. The predicted octanol–water partition coefficient (Wildman–Crippen LogP) is 6.83. The normalized spacial score (nSPS) is 27.3. The van der Waals surface area contributed by atoms with Crippen molar-refractivity contribution in [3.05, 3.63) is 47.4 Å². The molecule has 3 aliphatic heterocycles. The Kier molecular flexibility index (Phi) is 6.23. The van der Waals surface area contributed by atoms with Gasteiger partial charge in [0.05, 0.1) is 10.9 Å². The number of aromatic hydroxyl groups is 1. The van der Waals surface area contributed by atoms with Gasteiger partial charge < -0.3 is 14.7 Å². The molecule has 0 radical (unpaired) electrons. The molecule has 42 heavy (non-hydrogen) atoms. The molecule has 2 unspecified atom stereocenters. The summed E-state index contributed by atoms with van der Waals surface area (Å²) in [4.78, 5) is 19.1. The second-order valence-corrected chi connectivity index (χ2v) is 13.6. The van der Waals surface area contributed by atoms with Crippen LogP contribution in [0.5, 0.6) is 11.8 Å². The molecule has 8 rings (SSSR count). The summed E-state index contributed by atoms with van der Waals surface area (Å²) >= 11 is 6.59. The van der Waals surface area contributed by atoms with Crippen molar-refractivity contribution in [3.8, 4) is 23.0 Å². The van der Waals surface area contributed by atoms with Crippen molar-refractivity contribution < 1.29 is 14.2 Å². The quantitative estimate of drug-likeness (QED) is 0.274. The molecule has 2 aromatic heterocycles. The lowest BCUT2D eigenvalue weighted by Gasteiger charge is -2.34. The van der Waals surface area contributed by atoms with Crippen LogP contribution in [0.2, 0.25) is 5.02 Å². The van der Waals surface area contributed by atoms with E-state index in [9.17, 15) is 5.11 Å². The lowest BCUT2D eigenvalue weighted by molar-refractivity contribution is 0.107. The Labute approximate surface area is 249 Å². The minimum absolute atomic E-state index is 0.00130. The van der Waals surface area contributed by atoms with Crippen LogP contribution in [0.4, 0.5) is 10.2 Å². The summed E-state index contributed by atoms with van der Waals surface area (Å²) in [5.41, 5.74) is 0.702. The molecular formula is C33H35ClFN5O2. The third-order valence-electron chi connectivity index (χ3n) is 10.2. The van der Waals surface area contributed by atoms with Crippen LogP contribution in [0.1, 0.15) is 45.4 Å². The van der Waals surface area contributed by atoms with Crippen LogP contribution in [0.15, 0.2) is 36.5 Å². The highest BCUT2D eigenvalue weighted by atomic mass is 35.5. The summed E-state index contributed by atoms with van der Waals surface area (Å²) in [6, 6.07) is 8.76. The van der Waals surface area contributed by atoms with Gasteiger partial charge in [0, 0.05) is 41.8 Å². The number of hydrogen-bond donors (Lipinski definition) is 1. The molecule has 5 heterocycles. The second-order valence-electron chi connectivity index (χ2n) is 13.2. The molecule has 0 amide bonds. The Morgan fingerprint density at radius 2 is 1.98 bits per heavy atom. The summed E-state index contributed by atoms with van der Waals surface area (Å²) in [6.07, 6.45) is 8.74. The molecule has 1 N–H and O–H groups in total. The molecule has 4 fully saturated rings. The van der Waals surface area contributed by atoms with Crippen molar-refractivity contribution >= 4 is 39.1 Å². The van der Waals surface area contributed by atoms with Gasteiger partial charge in [-0.3, -0.25) is 9.88 Å². The third kappa shape index (κ3) is 4.29. The Bertz CT molecular complexity index is 1710. The molecule has 4 atom stereocenters. The maximum Gasteiger partial charge on any atom is 0.319 e. The Hall–Kier alpha value is -3.23. The van der Waals surface area contributed by atoms with Gasteiger partial charge in [-0.25, -0.2) is 4.39 Å². The van der Waals surface area contributed by atoms with Crippen molar-refractivity contribution in [3.63, 3.8) is 0 Å². The average molecular weight is 588 g/mol. The van der Waals surface area contributed by atoms with E-state index < -0.39 is 5.82 Å². The fraction of sp³-hybridized carbons (Fsp3) is 0.485. The number of phenolic OH excluding ortho intramolecular Hbond substituents is 1. The van der Waals surface area contributed by atoms with E-state index in [0.717, 1.165) is 39.0 Å². The zero-order valence-corrected chi connectivity index (χ0v) is 24.6. The zero-order chi connectivity index (χ0) is 28.6. The second kappa shape index (κ2) is 9.91. The number of piperidine rings is 1. The zero-order valence-electron chi connectivity index (χ0n) is 23.8. The number of hydrogen-bond acceptors (Lipinski definition) is 7. The van der Waals surface area contributed by atoms with E-state index in [4.69, 9.17) is 26.3 Å². The average Bonchev–Trinajstić information content (AvgIpc) is 3.61. The maximum absolute atomic E-state index is 16.7. The number of pyridine rings is 1. The molecule has 1 saturated carbocycles. The Morgan fingerprint density at radius 3 is 2.81 bits per heavy atom. The van der Waals surface area contributed by atoms with Crippen LogP contribution in [-0.4, -0.2) is 63.3 Å². The predicted molar refractivity (Wildman–Crippen MR) is 163 cm³/mol. The number of benzene rings is 2. The van der Waals surface area contributed by atoms with Gasteiger partial charge in [-0.2, -0.15) is 9.97 Å². The van der Waals surface area contributed by atoms with Gasteiger partial charge in [0.2, 0.25) is 0 Å². The number of nitrogens with zero attached hydrogens (tertiary/aromatic N) is 5. The minimum Gasteiger partial charge on any atom is -0.508 e. The van der Waals surface area contributed by atoms with E-state index in [2.05, 4.69) is 21.7 Å². The van der Waals surface area contributed by atoms with Gasteiger partial charge in [0.25, 0.3) is 0 Å². The number of aromatic nitrogens is 3. The molecule has 4 aliphatic rings. The van der Waals surface area contributed by atoms with E-state index in [1.807, 2.05) is 12.1 Å². The molecule has 2 aromatic carbocycles. The van der Waals surface area contributed by atoms with E-state index in [1.54, 1.807) is 18.3 Å². The Morgan fingerprint density at radius 1 is 1.14 bits per heavy atom. The largest absolute Gasteiger partial charge is 0.508 e. The van der Waals surface area contributed by atoms with Gasteiger partial charge in [0.1, 0.15) is 29.4 Å².